The molecule has 0 saturated carbocycles. The van der Waals surface area contributed by atoms with E-state index in [1.54, 1.807) is 7.11 Å². The van der Waals surface area contributed by atoms with Gasteiger partial charge >= 0.3 is 0 Å². The molecule has 1 heterocycles. The molecule has 1 atom stereocenters. The van der Waals surface area contributed by atoms with Crippen molar-refractivity contribution in [1.82, 2.24) is 15.5 Å². The average molecular weight is 407 g/mol. The number of ether oxygens (including phenoxy) is 2. The van der Waals surface area contributed by atoms with Crippen LogP contribution in [0.3, 0.4) is 0 Å². The third kappa shape index (κ3) is 7.73. The maximum atomic E-state index is 5.54. The minimum Gasteiger partial charge on any atom is -0.497 e. The second-order valence-electron chi connectivity index (χ2n) is 6.45. The van der Waals surface area contributed by atoms with Crippen molar-refractivity contribution in [3.8, 4) is 5.75 Å². The molecule has 0 aliphatic carbocycles. The van der Waals surface area contributed by atoms with Gasteiger partial charge in [-0.25, -0.2) is 0 Å². The van der Waals surface area contributed by atoms with E-state index in [1.165, 1.54) is 5.56 Å². The Kier molecular flexibility index (Phi) is 10.9. The molecule has 156 valence electrons. The number of guanidine groups is 1. The van der Waals surface area contributed by atoms with Crippen molar-refractivity contribution in [2.45, 2.75) is 13.0 Å². The van der Waals surface area contributed by atoms with Crippen LogP contribution in [-0.4, -0.2) is 75.4 Å². The van der Waals surface area contributed by atoms with Crippen LogP contribution in [0.4, 0.5) is 0 Å². The monoisotopic (exact) mass is 406 g/mol. The minimum absolute atomic E-state index is 0.223. The summed E-state index contributed by atoms with van der Waals surface area (Å²) >= 11 is 1.86. The summed E-state index contributed by atoms with van der Waals surface area (Å²) in [6.45, 7) is 11.7. The Bertz CT molecular complexity index is 589. The van der Waals surface area contributed by atoms with Crippen molar-refractivity contribution in [3.63, 3.8) is 0 Å². The van der Waals surface area contributed by atoms with E-state index in [4.69, 9.17) is 14.5 Å². The summed E-state index contributed by atoms with van der Waals surface area (Å²) in [5, 5.41) is 6.78. The van der Waals surface area contributed by atoms with Gasteiger partial charge in [0.2, 0.25) is 0 Å². The van der Waals surface area contributed by atoms with Crippen molar-refractivity contribution < 1.29 is 9.47 Å². The molecule has 1 saturated heterocycles. The SMILES string of the molecule is C=CCSCCNC(=NCC(c1ccc(OC)cc1)N1CCOCC1)NCC. The van der Waals surface area contributed by atoms with Gasteiger partial charge in [-0.2, -0.15) is 11.8 Å². The summed E-state index contributed by atoms with van der Waals surface area (Å²) < 4.78 is 10.8. The van der Waals surface area contributed by atoms with E-state index in [0.717, 1.165) is 62.6 Å². The van der Waals surface area contributed by atoms with Crippen LogP contribution in [0.25, 0.3) is 0 Å². The van der Waals surface area contributed by atoms with Crippen LogP contribution in [0.5, 0.6) is 5.75 Å². The van der Waals surface area contributed by atoms with Gasteiger partial charge in [-0.05, 0) is 24.6 Å². The molecule has 0 radical (unpaired) electrons. The van der Waals surface area contributed by atoms with Crippen molar-refractivity contribution in [2.75, 3.05) is 64.6 Å². The Balaban J connectivity index is 2.04. The number of methoxy groups -OCH3 is 1. The smallest absolute Gasteiger partial charge is 0.191 e. The Hall–Kier alpha value is -1.70. The number of hydrogen-bond acceptors (Lipinski definition) is 5. The van der Waals surface area contributed by atoms with Crippen LogP contribution in [0.2, 0.25) is 0 Å². The molecule has 6 nitrogen and oxygen atoms in total. The van der Waals surface area contributed by atoms with Crippen LogP contribution in [0.15, 0.2) is 41.9 Å². The van der Waals surface area contributed by atoms with E-state index in [2.05, 4.69) is 41.2 Å². The van der Waals surface area contributed by atoms with Crippen molar-refractivity contribution in [1.29, 1.82) is 0 Å². The van der Waals surface area contributed by atoms with Crippen LogP contribution < -0.4 is 15.4 Å². The topological polar surface area (TPSA) is 58.1 Å². The number of nitrogens with zero attached hydrogens (tertiary/aromatic N) is 2. The summed E-state index contributed by atoms with van der Waals surface area (Å²) in [7, 11) is 1.69. The molecule has 0 aromatic heterocycles. The maximum absolute atomic E-state index is 5.54. The average Bonchev–Trinajstić information content (AvgIpc) is 2.75. The zero-order valence-corrected chi connectivity index (χ0v) is 18.0. The van der Waals surface area contributed by atoms with Gasteiger partial charge in [-0.1, -0.05) is 18.2 Å². The first-order valence-electron chi connectivity index (χ1n) is 9.95. The van der Waals surface area contributed by atoms with Gasteiger partial charge in [-0.3, -0.25) is 9.89 Å². The van der Waals surface area contributed by atoms with E-state index in [0.29, 0.717) is 6.54 Å². The van der Waals surface area contributed by atoms with Gasteiger partial charge in [0.15, 0.2) is 5.96 Å². The molecular formula is C21H34N4O2S. The summed E-state index contributed by atoms with van der Waals surface area (Å²) in [6.07, 6.45) is 1.94. The molecule has 1 aromatic rings. The number of nitrogens with one attached hydrogen (secondary N) is 2. The van der Waals surface area contributed by atoms with E-state index >= 15 is 0 Å². The van der Waals surface area contributed by atoms with E-state index < -0.39 is 0 Å². The second kappa shape index (κ2) is 13.5. The minimum atomic E-state index is 0.223. The highest BCUT2D eigenvalue weighted by molar-refractivity contribution is 7.99. The summed E-state index contributed by atoms with van der Waals surface area (Å²) in [6, 6.07) is 8.54. The second-order valence-corrected chi connectivity index (χ2v) is 7.60. The fourth-order valence-electron chi connectivity index (χ4n) is 3.07. The molecule has 2 N–H and O–H groups in total. The Labute approximate surface area is 173 Å². The summed E-state index contributed by atoms with van der Waals surface area (Å²) in [4.78, 5) is 7.33. The highest BCUT2D eigenvalue weighted by Crippen LogP contribution is 2.24. The number of hydrogen-bond donors (Lipinski definition) is 2. The quantitative estimate of drug-likeness (QED) is 0.255. The van der Waals surface area contributed by atoms with E-state index in [9.17, 15) is 0 Å². The van der Waals surface area contributed by atoms with Crippen molar-refractivity contribution in [3.05, 3.63) is 42.5 Å². The third-order valence-corrected chi connectivity index (χ3v) is 5.49. The highest BCUT2D eigenvalue weighted by Gasteiger charge is 2.22. The highest BCUT2D eigenvalue weighted by atomic mass is 32.2. The van der Waals surface area contributed by atoms with E-state index in [1.807, 2.05) is 30.0 Å². The lowest BCUT2D eigenvalue weighted by Gasteiger charge is -2.34. The molecule has 0 spiro atoms. The zero-order chi connectivity index (χ0) is 20.0. The molecule has 28 heavy (non-hydrogen) atoms. The number of rotatable bonds is 11. The molecule has 0 bridgehead atoms. The van der Waals surface area contributed by atoms with Gasteiger partial charge in [0.05, 0.1) is 32.9 Å². The number of benzene rings is 1. The molecule has 2 rings (SSSR count). The molecule has 1 aliphatic heterocycles. The van der Waals surface area contributed by atoms with Crippen LogP contribution in [0, 0.1) is 0 Å². The normalized spacial score (nSPS) is 16.4. The number of thioether (sulfide) groups is 1. The fraction of sp³-hybridized carbons (Fsp3) is 0.571. The first kappa shape index (κ1) is 22.6. The molecule has 0 amide bonds. The predicted molar refractivity (Wildman–Crippen MR) is 120 cm³/mol. The lowest BCUT2D eigenvalue weighted by atomic mass is 10.0. The molecule has 1 aromatic carbocycles. The lowest BCUT2D eigenvalue weighted by molar-refractivity contribution is 0.0179. The van der Waals surface area contributed by atoms with Gasteiger partial charge in [0.1, 0.15) is 5.75 Å². The van der Waals surface area contributed by atoms with Crippen molar-refractivity contribution >= 4 is 17.7 Å². The van der Waals surface area contributed by atoms with Crippen molar-refractivity contribution in [2.24, 2.45) is 4.99 Å². The molecule has 7 heteroatoms. The Morgan fingerprint density at radius 3 is 2.71 bits per heavy atom. The predicted octanol–water partition coefficient (Wildman–Crippen LogP) is 2.54. The van der Waals surface area contributed by atoms with Gasteiger partial charge in [-0.15, -0.1) is 6.58 Å². The number of morpholine rings is 1. The summed E-state index contributed by atoms with van der Waals surface area (Å²) in [5.41, 5.74) is 1.25. The van der Waals surface area contributed by atoms with Crippen LogP contribution >= 0.6 is 11.8 Å². The first-order valence-corrected chi connectivity index (χ1v) is 11.1. The fourth-order valence-corrected chi connectivity index (χ4v) is 3.65. The van der Waals surface area contributed by atoms with E-state index in [-0.39, 0.29) is 6.04 Å². The number of aliphatic imine (C=N–C) groups is 1. The molecule has 1 aliphatic rings. The molecular weight excluding hydrogens is 372 g/mol. The molecule has 1 fully saturated rings. The van der Waals surface area contributed by atoms with Crippen LogP contribution in [0.1, 0.15) is 18.5 Å². The van der Waals surface area contributed by atoms with Gasteiger partial charge < -0.3 is 20.1 Å². The Morgan fingerprint density at radius 2 is 2.07 bits per heavy atom. The lowest BCUT2D eigenvalue weighted by Crippen LogP contribution is -2.42. The maximum Gasteiger partial charge on any atom is 0.191 e. The third-order valence-electron chi connectivity index (χ3n) is 4.53. The largest absolute Gasteiger partial charge is 0.497 e. The standard InChI is InChI=1S/C21H34N4O2S/c1-4-15-28-16-10-23-21(22-5-2)24-17-20(25-11-13-27-14-12-25)18-6-8-19(26-3)9-7-18/h4,6-9,20H,1,5,10-17H2,2-3H3,(H2,22,23,24). The first-order chi connectivity index (χ1) is 13.8. The van der Waals surface area contributed by atoms with Gasteiger partial charge in [0.25, 0.3) is 0 Å². The van der Waals surface area contributed by atoms with Gasteiger partial charge in [0, 0.05) is 37.7 Å². The molecule has 1 unspecified atom stereocenters. The zero-order valence-electron chi connectivity index (χ0n) is 17.2. The van der Waals surface area contributed by atoms with Crippen LogP contribution in [-0.2, 0) is 4.74 Å². The Morgan fingerprint density at radius 1 is 1.32 bits per heavy atom. The summed E-state index contributed by atoms with van der Waals surface area (Å²) in [5.74, 6) is 3.75.